The number of nitrogens with zero attached hydrogens (tertiary/aromatic N) is 4. The first kappa shape index (κ1) is 17.4. The van der Waals surface area contributed by atoms with Gasteiger partial charge in [-0.15, -0.1) is 11.3 Å². The number of anilines is 1. The van der Waals surface area contributed by atoms with Gasteiger partial charge >= 0.3 is 0 Å². The molecule has 0 radical (unpaired) electrons. The molecule has 2 aromatic rings. The molecule has 1 aliphatic heterocycles. The molecule has 5 heteroatoms. The van der Waals surface area contributed by atoms with Gasteiger partial charge in [0.2, 0.25) is 0 Å². The SMILES string of the molecule is Cc1csc(C(C)N(C)CCN2CCN(c3ccccc3)CC2)n1. The van der Waals surface area contributed by atoms with Crippen molar-refractivity contribution < 1.29 is 0 Å². The molecular weight excluding hydrogens is 316 g/mol. The van der Waals surface area contributed by atoms with Crippen LogP contribution in [0.5, 0.6) is 0 Å². The van der Waals surface area contributed by atoms with Crippen molar-refractivity contribution in [2.75, 3.05) is 51.2 Å². The van der Waals surface area contributed by atoms with Crippen molar-refractivity contribution in [1.29, 1.82) is 0 Å². The van der Waals surface area contributed by atoms with E-state index in [9.17, 15) is 0 Å². The van der Waals surface area contributed by atoms with Gasteiger partial charge in [-0.25, -0.2) is 4.98 Å². The molecule has 1 unspecified atom stereocenters. The van der Waals surface area contributed by atoms with Crippen LogP contribution in [0.4, 0.5) is 5.69 Å². The first-order valence-electron chi connectivity index (χ1n) is 8.78. The standard InChI is InChI=1S/C19H28N4S/c1-16-15-24-19(20-16)17(2)21(3)9-10-22-11-13-23(14-12-22)18-7-5-4-6-8-18/h4-8,15,17H,9-14H2,1-3H3. The largest absolute Gasteiger partial charge is 0.369 e. The van der Waals surface area contributed by atoms with E-state index in [0.717, 1.165) is 45.0 Å². The normalized spacial score (nSPS) is 17.4. The van der Waals surface area contributed by atoms with Crippen LogP contribution in [-0.2, 0) is 0 Å². The molecule has 130 valence electrons. The van der Waals surface area contributed by atoms with Crippen molar-refractivity contribution in [3.8, 4) is 0 Å². The molecule has 1 atom stereocenters. The van der Waals surface area contributed by atoms with Gasteiger partial charge in [-0.1, -0.05) is 18.2 Å². The van der Waals surface area contributed by atoms with Crippen LogP contribution in [0.15, 0.2) is 35.7 Å². The van der Waals surface area contributed by atoms with E-state index in [4.69, 9.17) is 0 Å². The Bertz CT molecular complexity index is 619. The van der Waals surface area contributed by atoms with Crippen molar-refractivity contribution in [1.82, 2.24) is 14.8 Å². The smallest absolute Gasteiger partial charge is 0.110 e. The number of benzene rings is 1. The third-order valence-corrected chi connectivity index (χ3v) is 6.05. The maximum Gasteiger partial charge on any atom is 0.110 e. The first-order chi connectivity index (χ1) is 11.6. The minimum Gasteiger partial charge on any atom is -0.369 e. The summed E-state index contributed by atoms with van der Waals surface area (Å²) in [6.45, 7) is 11.1. The highest BCUT2D eigenvalue weighted by Gasteiger charge is 2.19. The summed E-state index contributed by atoms with van der Waals surface area (Å²) in [4.78, 5) is 12.1. The lowest BCUT2D eigenvalue weighted by Crippen LogP contribution is -2.48. The number of likely N-dealkylation sites (N-methyl/N-ethyl adjacent to an activating group) is 1. The summed E-state index contributed by atoms with van der Waals surface area (Å²) in [5.74, 6) is 0. The van der Waals surface area contributed by atoms with Gasteiger partial charge in [-0.05, 0) is 33.0 Å². The zero-order valence-electron chi connectivity index (χ0n) is 15.0. The zero-order valence-corrected chi connectivity index (χ0v) is 15.8. The quantitative estimate of drug-likeness (QED) is 0.802. The monoisotopic (exact) mass is 344 g/mol. The van der Waals surface area contributed by atoms with E-state index in [-0.39, 0.29) is 0 Å². The van der Waals surface area contributed by atoms with Crippen molar-refractivity contribution in [2.45, 2.75) is 19.9 Å². The van der Waals surface area contributed by atoms with Crippen LogP contribution >= 0.6 is 11.3 Å². The highest BCUT2D eigenvalue weighted by molar-refractivity contribution is 7.09. The van der Waals surface area contributed by atoms with Crippen LogP contribution in [0.3, 0.4) is 0 Å². The second-order valence-corrected chi connectivity index (χ2v) is 7.54. The van der Waals surface area contributed by atoms with Crippen molar-refractivity contribution >= 4 is 17.0 Å². The van der Waals surface area contributed by atoms with Gasteiger partial charge in [0.25, 0.3) is 0 Å². The summed E-state index contributed by atoms with van der Waals surface area (Å²) in [6.07, 6.45) is 0. The minimum atomic E-state index is 0.398. The second kappa shape index (κ2) is 8.10. The van der Waals surface area contributed by atoms with E-state index in [1.807, 2.05) is 0 Å². The lowest BCUT2D eigenvalue weighted by Gasteiger charge is -2.37. The maximum absolute atomic E-state index is 4.63. The van der Waals surface area contributed by atoms with Crippen LogP contribution in [-0.4, -0.2) is 61.1 Å². The molecule has 4 nitrogen and oxygen atoms in total. The number of hydrogen-bond donors (Lipinski definition) is 0. The number of hydrogen-bond acceptors (Lipinski definition) is 5. The van der Waals surface area contributed by atoms with Crippen LogP contribution < -0.4 is 4.90 Å². The fourth-order valence-electron chi connectivity index (χ4n) is 3.11. The average molecular weight is 345 g/mol. The molecule has 0 aliphatic carbocycles. The van der Waals surface area contributed by atoms with Gasteiger partial charge < -0.3 is 4.90 Å². The molecule has 1 fully saturated rings. The van der Waals surface area contributed by atoms with E-state index in [2.05, 4.69) is 76.3 Å². The fraction of sp³-hybridized carbons (Fsp3) is 0.526. The predicted octanol–water partition coefficient (Wildman–Crippen LogP) is 3.27. The Morgan fingerprint density at radius 2 is 1.88 bits per heavy atom. The Hall–Kier alpha value is -1.43. The molecule has 0 bridgehead atoms. The predicted molar refractivity (Wildman–Crippen MR) is 103 cm³/mol. The van der Waals surface area contributed by atoms with E-state index in [1.165, 1.54) is 10.7 Å². The summed E-state index contributed by atoms with van der Waals surface area (Å²) in [5, 5.41) is 3.37. The molecule has 0 spiro atoms. The Balaban J connectivity index is 1.43. The fourth-order valence-corrected chi connectivity index (χ4v) is 4.03. The Morgan fingerprint density at radius 1 is 1.17 bits per heavy atom. The summed E-state index contributed by atoms with van der Waals surface area (Å²) in [7, 11) is 2.21. The Kier molecular flexibility index (Phi) is 5.87. The van der Waals surface area contributed by atoms with Crippen LogP contribution in [0.1, 0.15) is 23.7 Å². The van der Waals surface area contributed by atoms with Gasteiger partial charge in [0.1, 0.15) is 5.01 Å². The van der Waals surface area contributed by atoms with Crippen molar-refractivity contribution in [3.63, 3.8) is 0 Å². The van der Waals surface area contributed by atoms with Crippen molar-refractivity contribution in [3.05, 3.63) is 46.4 Å². The molecule has 1 aliphatic rings. The molecule has 1 saturated heterocycles. The van der Waals surface area contributed by atoms with Crippen molar-refractivity contribution in [2.24, 2.45) is 0 Å². The molecule has 0 saturated carbocycles. The number of aromatic nitrogens is 1. The van der Waals surface area contributed by atoms with Gasteiger partial charge in [0.05, 0.1) is 6.04 Å². The topological polar surface area (TPSA) is 22.6 Å². The number of para-hydroxylation sites is 1. The summed E-state index contributed by atoms with van der Waals surface area (Å²) in [6, 6.07) is 11.1. The highest BCUT2D eigenvalue weighted by Crippen LogP contribution is 2.22. The van der Waals surface area contributed by atoms with E-state index < -0.39 is 0 Å². The third-order valence-electron chi connectivity index (χ3n) is 4.92. The molecule has 24 heavy (non-hydrogen) atoms. The third kappa shape index (κ3) is 4.35. The van der Waals surface area contributed by atoms with Crippen LogP contribution in [0.25, 0.3) is 0 Å². The average Bonchev–Trinajstić information content (AvgIpc) is 3.06. The lowest BCUT2D eigenvalue weighted by atomic mass is 10.2. The highest BCUT2D eigenvalue weighted by atomic mass is 32.1. The van der Waals surface area contributed by atoms with E-state index in [0.29, 0.717) is 6.04 Å². The molecular formula is C19H28N4S. The lowest BCUT2D eigenvalue weighted by molar-refractivity contribution is 0.190. The Labute approximate surface area is 149 Å². The number of aryl methyl sites for hydroxylation is 1. The summed E-state index contributed by atoms with van der Waals surface area (Å²) in [5.41, 5.74) is 2.48. The van der Waals surface area contributed by atoms with Gasteiger partial charge in [0.15, 0.2) is 0 Å². The van der Waals surface area contributed by atoms with Crippen LogP contribution in [0.2, 0.25) is 0 Å². The molecule has 1 aromatic heterocycles. The molecule has 0 N–H and O–H groups in total. The molecule has 3 rings (SSSR count). The molecule has 1 aromatic carbocycles. The van der Waals surface area contributed by atoms with Crippen LogP contribution in [0, 0.1) is 6.92 Å². The van der Waals surface area contributed by atoms with E-state index in [1.54, 1.807) is 11.3 Å². The van der Waals surface area contributed by atoms with E-state index >= 15 is 0 Å². The summed E-state index contributed by atoms with van der Waals surface area (Å²) < 4.78 is 0. The summed E-state index contributed by atoms with van der Waals surface area (Å²) >= 11 is 1.77. The van der Waals surface area contributed by atoms with Gasteiger partial charge in [0, 0.05) is 56.0 Å². The molecule has 2 heterocycles. The Morgan fingerprint density at radius 3 is 2.50 bits per heavy atom. The molecule has 0 amide bonds. The number of thiazole rings is 1. The van der Waals surface area contributed by atoms with Gasteiger partial charge in [-0.2, -0.15) is 0 Å². The zero-order chi connectivity index (χ0) is 16.9. The second-order valence-electron chi connectivity index (χ2n) is 6.65. The minimum absolute atomic E-state index is 0.398. The number of rotatable bonds is 6. The van der Waals surface area contributed by atoms with Gasteiger partial charge in [-0.3, -0.25) is 9.80 Å². The number of piperazine rings is 1. The maximum atomic E-state index is 4.63. The first-order valence-corrected chi connectivity index (χ1v) is 9.66.